The van der Waals surface area contributed by atoms with Crippen LogP contribution in [0.3, 0.4) is 0 Å². The van der Waals surface area contributed by atoms with E-state index in [4.69, 9.17) is 15.5 Å². The monoisotopic (exact) mass is 467 g/mol. The number of aromatic nitrogens is 6. The Balaban J connectivity index is 1.70. The summed E-state index contributed by atoms with van der Waals surface area (Å²) in [5.74, 6) is 0.802. The number of hydrogen-bond acceptors (Lipinski definition) is 9. The molecule has 2 unspecified atom stereocenters. The maximum Gasteiger partial charge on any atom is 0.245 e. The van der Waals surface area contributed by atoms with Gasteiger partial charge in [0.15, 0.2) is 17.0 Å². The zero-order chi connectivity index (χ0) is 24.4. The van der Waals surface area contributed by atoms with Gasteiger partial charge < -0.3 is 25.3 Å². The first-order valence-electron chi connectivity index (χ1n) is 11.3. The second kappa shape index (κ2) is 9.67. The lowest BCUT2D eigenvalue weighted by Gasteiger charge is -2.37. The molecule has 12 heteroatoms. The highest BCUT2D eigenvalue weighted by Gasteiger charge is 2.32. The van der Waals surface area contributed by atoms with Crippen molar-refractivity contribution in [1.29, 1.82) is 0 Å². The zero-order valence-corrected chi connectivity index (χ0v) is 19.7. The largest absolute Gasteiger partial charge is 0.372 e. The molecule has 3 aromatic rings. The van der Waals surface area contributed by atoms with Crippen LogP contribution in [0.1, 0.15) is 33.0 Å². The molecule has 0 radical (unpaired) electrons. The number of imidazole rings is 1. The number of amides is 2. The molecule has 0 aliphatic carbocycles. The van der Waals surface area contributed by atoms with Crippen molar-refractivity contribution >= 4 is 28.8 Å². The standard InChI is InChI=1S/C22H29N9O3/c1-5-31-20(15-7-24-14(4)25-8-15)29-18-19(26-11-27-21(18)31)28-16(6-17(23)32)22(33)30-9-12(2)34-13(3)10-30/h7-8,11-13,16H,5-6,9-10H2,1-4H3,(H2,23,32)(H,26,27,28)/t12?,13?,16-/m1/s1. The molecule has 0 spiro atoms. The summed E-state index contributed by atoms with van der Waals surface area (Å²) >= 11 is 0. The smallest absolute Gasteiger partial charge is 0.245 e. The van der Waals surface area contributed by atoms with Crippen molar-refractivity contribution in [3.05, 3.63) is 24.5 Å². The van der Waals surface area contributed by atoms with Crippen molar-refractivity contribution in [3.63, 3.8) is 0 Å². The molecular formula is C22H29N9O3. The number of carbonyl (C=O) groups excluding carboxylic acids is 2. The van der Waals surface area contributed by atoms with Crippen LogP contribution in [0.2, 0.25) is 0 Å². The predicted molar refractivity (Wildman–Crippen MR) is 125 cm³/mol. The average molecular weight is 468 g/mol. The SMILES string of the molecule is CCn1c(-c2cnc(C)nc2)nc2c(N[C@H](CC(N)=O)C(=O)N3CC(C)OC(C)C3)ncnc21. The summed E-state index contributed by atoms with van der Waals surface area (Å²) in [4.78, 5) is 48.9. The highest BCUT2D eigenvalue weighted by Crippen LogP contribution is 2.27. The molecule has 3 aromatic heterocycles. The maximum atomic E-state index is 13.4. The lowest BCUT2D eigenvalue weighted by atomic mass is 10.1. The first-order chi connectivity index (χ1) is 16.3. The van der Waals surface area contributed by atoms with E-state index in [1.54, 1.807) is 17.3 Å². The van der Waals surface area contributed by atoms with Crippen LogP contribution < -0.4 is 11.1 Å². The molecule has 0 aromatic carbocycles. The van der Waals surface area contributed by atoms with Crippen LogP contribution >= 0.6 is 0 Å². The fourth-order valence-electron chi connectivity index (χ4n) is 4.21. The topological polar surface area (TPSA) is 154 Å². The highest BCUT2D eigenvalue weighted by atomic mass is 16.5. The normalized spacial score (nSPS) is 19.2. The Morgan fingerprint density at radius 2 is 1.85 bits per heavy atom. The third kappa shape index (κ3) is 4.81. The first-order valence-corrected chi connectivity index (χ1v) is 11.3. The molecule has 3 atom stereocenters. The molecule has 180 valence electrons. The third-order valence-corrected chi connectivity index (χ3v) is 5.63. The lowest BCUT2D eigenvalue weighted by molar-refractivity contribution is -0.145. The van der Waals surface area contributed by atoms with Crippen LogP contribution in [-0.4, -0.2) is 77.5 Å². The van der Waals surface area contributed by atoms with Crippen LogP contribution in [0.4, 0.5) is 5.82 Å². The molecule has 4 heterocycles. The lowest BCUT2D eigenvalue weighted by Crippen LogP contribution is -2.53. The number of rotatable bonds is 7. The van der Waals surface area contributed by atoms with Crippen molar-refractivity contribution in [2.24, 2.45) is 5.73 Å². The van der Waals surface area contributed by atoms with Gasteiger partial charge in [-0.25, -0.2) is 24.9 Å². The number of nitrogens with two attached hydrogens (primary N) is 1. The van der Waals surface area contributed by atoms with Crippen LogP contribution in [0.5, 0.6) is 0 Å². The van der Waals surface area contributed by atoms with Crippen LogP contribution in [-0.2, 0) is 20.9 Å². The van der Waals surface area contributed by atoms with E-state index in [1.807, 2.05) is 32.3 Å². The van der Waals surface area contributed by atoms with Gasteiger partial charge in [-0.2, -0.15) is 0 Å². The zero-order valence-electron chi connectivity index (χ0n) is 19.7. The Bertz CT molecular complexity index is 1180. The second-order valence-electron chi connectivity index (χ2n) is 8.46. The van der Waals surface area contributed by atoms with E-state index < -0.39 is 11.9 Å². The number of carbonyl (C=O) groups is 2. The second-order valence-corrected chi connectivity index (χ2v) is 8.46. The number of fused-ring (bicyclic) bond motifs is 1. The minimum Gasteiger partial charge on any atom is -0.372 e. The van der Waals surface area contributed by atoms with Gasteiger partial charge in [0, 0.05) is 32.0 Å². The number of nitrogens with one attached hydrogen (secondary N) is 1. The van der Waals surface area contributed by atoms with Crippen LogP contribution in [0.25, 0.3) is 22.6 Å². The number of aryl methyl sites for hydroxylation is 2. The number of morpholine rings is 1. The Morgan fingerprint density at radius 3 is 2.47 bits per heavy atom. The molecule has 34 heavy (non-hydrogen) atoms. The summed E-state index contributed by atoms with van der Waals surface area (Å²) < 4.78 is 7.65. The van der Waals surface area contributed by atoms with Gasteiger partial charge >= 0.3 is 0 Å². The summed E-state index contributed by atoms with van der Waals surface area (Å²) in [7, 11) is 0. The number of anilines is 1. The van der Waals surface area contributed by atoms with Crippen molar-refractivity contribution < 1.29 is 14.3 Å². The van der Waals surface area contributed by atoms with Gasteiger partial charge in [0.2, 0.25) is 11.8 Å². The molecule has 1 fully saturated rings. The van der Waals surface area contributed by atoms with E-state index in [1.165, 1.54) is 6.33 Å². The van der Waals surface area contributed by atoms with Gasteiger partial charge in [-0.3, -0.25) is 9.59 Å². The highest BCUT2D eigenvalue weighted by molar-refractivity contribution is 5.93. The molecule has 2 amide bonds. The molecule has 0 saturated carbocycles. The van der Waals surface area contributed by atoms with E-state index in [9.17, 15) is 9.59 Å². The quantitative estimate of drug-likeness (QED) is 0.516. The Hall–Kier alpha value is -3.67. The number of hydrogen-bond donors (Lipinski definition) is 2. The number of primary amides is 1. The minimum absolute atomic E-state index is 0.104. The van der Waals surface area contributed by atoms with Gasteiger partial charge in [-0.15, -0.1) is 0 Å². The average Bonchev–Trinajstić information content (AvgIpc) is 3.17. The van der Waals surface area contributed by atoms with E-state index in [2.05, 4.69) is 25.3 Å². The van der Waals surface area contributed by atoms with E-state index in [-0.39, 0.29) is 24.5 Å². The fourth-order valence-corrected chi connectivity index (χ4v) is 4.21. The van der Waals surface area contributed by atoms with Crippen molar-refractivity contribution in [3.8, 4) is 11.4 Å². The molecule has 3 N–H and O–H groups in total. The summed E-state index contributed by atoms with van der Waals surface area (Å²) in [6.45, 7) is 9.08. The minimum atomic E-state index is -0.897. The number of ether oxygens (including phenoxy) is 1. The molecule has 4 rings (SSSR count). The van der Waals surface area contributed by atoms with Gasteiger partial charge in [-0.1, -0.05) is 0 Å². The molecule has 0 bridgehead atoms. The van der Waals surface area contributed by atoms with E-state index >= 15 is 0 Å². The summed E-state index contributed by atoms with van der Waals surface area (Å²) in [5, 5.41) is 3.11. The van der Waals surface area contributed by atoms with E-state index in [0.29, 0.717) is 48.3 Å². The molecule has 1 aliphatic rings. The predicted octanol–water partition coefficient (Wildman–Crippen LogP) is 0.903. The van der Waals surface area contributed by atoms with Crippen molar-refractivity contribution in [1.82, 2.24) is 34.4 Å². The van der Waals surface area contributed by atoms with Crippen molar-refractivity contribution in [2.75, 3.05) is 18.4 Å². The Kier molecular flexibility index (Phi) is 6.68. The molecule has 1 saturated heterocycles. The van der Waals surface area contributed by atoms with Gasteiger partial charge in [-0.05, 0) is 27.7 Å². The fraction of sp³-hybridized carbons (Fsp3) is 0.500. The van der Waals surface area contributed by atoms with Gasteiger partial charge in [0.1, 0.15) is 24.0 Å². The summed E-state index contributed by atoms with van der Waals surface area (Å²) in [6.07, 6.45) is 4.42. The van der Waals surface area contributed by atoms with Crippen LogP contribution in [0.15, 0.2) is 18.7 Å². The van der Waals surface area contributed by atoms with Crippen molar-refractivity contribution in [2.45, 2.75) is 58.9 Å². The van der Waals surface area contributed by atoms with Gasteiger partial charge in [0.05, 0.1) is 24.2 Å². The molecule has 12 nitrogen and oxygen atoms in total. The van der Waals surface area contributed by atoms with Crippen LogP contribution in [0, 0.1) is 6.92 Å². The Labute approximate surface area is 197 Å². The summed E-state index contributed by atoms with van der Waals surface area (Å²) in [5.41, 5.74) is 7.28. The summed E-state index contributed by atoms with van der Waals surface area (Å²) in [6, 6.07) is -0.897. The number of nitrogens with zero attached hydrogens (tertiary/aromatic N) is 7. The van der Waals surface area contributed by atoms with Gasteiger partial charge in [0.25, 0.3) is 0 Å². The third-order valence-electron chi connectivity index (χ3n) is 5.63. The molecular weight excluding hydrogens is 438 g/mol. The Morgan fingerprint density at radius 1 is 1.18 bits per heavy atom. The molecule has 1 aliphatic heterocycles. The maximum absolute atomic E-state index is 13.4. The first kappa shape index (κ1) is 23.5. The van der Waals surface area contributed by atoms with E-state index in [0.717, 1.165) is 5.56 Å².